The normalized spacial score (nSPS) is 18.2. The highest BCUT2D eigenvalue weighted by Crippen LogP contribution is 2.35. The summed E-state index contributed by atoms with van der Waals surface area (Å²) < 4.78 is 0. The summed E-state index contributed by atoms with van der Waals surface area (Å²) in [6.45, 7) is 8.58. The van der Waals surface area contributed by atoms with Crippen LogP contribution in [0.25, 0.3) is 0 Å². The average molecular weight is 483 g/mol. The van der Waals surface area contributed by atoms with E-state index in [1.54, 1.807) is 24.3 Å². The van der Waals surface area contributed by atoms with Crippen molar-refractivity contribution in [3.05, 3.63) is 64.7 Å². The third-order valence-electron chi connectivity index (χ3n) is 6.11. The molecule has 2 aliphatic heterocycles. The number of halogens is 1. The van der Waals surface area contributed by atoms with Gasteiger partial charge in [0, 0.05) is 42.2 Å². The largest absolute Gasteiger partial charge is 0.325 e. The smallest absolute Gasteiger partial charge is 0.234 e. The maximum absolute atomic E-state index is 12.6. The number of anilines is 1. The molecule has 0 bridgehead atoms. The third kappa shape index (κ3) is 5.86. The van der Waals surface area contributed by atoms with E-state index in [0.29, 0.717) is 5.02 Å². The molecular formula is C26H31ClN4OS. The van der Waals surface area contributed by atoms with Gasteiger partial charge in [-0.1, -0.05) is 68.4 Å². The molecule has 0 aliphatic carbocycles. The lowest BCUT2D eigenvalue weighted by Gasteiger charge is -2.33. The molecule has 1 amide bonds. The van der Waals surface area contributed by atoms with Crippen LogP contribution in [0.15, 0.2) is 58.5 Å². The number of nitrogens with zero attached hydrogens (tertiary/aromatic N) is 3. The molecule has 0 radical (unpaired) electrons. The number of likely N-dealkylation sites (tertiary alicyclic amines) is 1. The van der Waals surface area contributed by atoms with Crippen molar-refractivity contribution in [2.24, 2.45) is 9.98 Å². The fraction of sp³-hybridized carbons (Fsp3) is 0.423. The van der Waals surface area contributed by atoms with Crippen LogP contribution in [0, 0.1) is 0 Å². The molecule has 174 valence electrons. The van der Waals surface area contributed by atoms with Gasteiger partial charge in [0.2, 0.25) is 5.91 Å². The molecule has 1 N–H and O–H groups in total. The molecule has 2 aromatic rings. The van der Waals surface area contributed by atoms with Gasteiger partial charge in [-0.3, -0.25) is 9.79 Å². The predicted octanol–water partition coefficient (Wildman–Crippen LogP) is 5.63. The second-order valence-corrected chi connectivity index (χ2v) is 11.2. The Labute approximate surface area is 205 Å². The molecule has 1 spiro atoms. The highest BCUT2D eigenvalue weighted by Gasteiger charge is 2.39. The van der Waals surface area contributed by atoms with Crippen LogP contribution < -0.4 is 5.32 Å². The molecule has 33 heavy (non-hydrogen) atoms. The second kappa shape index (κ2) is 9.61. The SMILES string of the molecule is CN1CCC2(CC1)N=C(SCC(=O)Nc1ccc(Cl)cc1)C(c1ccc(C(C)(C)C)cc1)=N2. The molecule has 0 saturated carbocycles. The number of benzene rings is 2. The van der Waals surface area contributed by atoms with Crippen molar-refractivity contribution in [1.29, 1.82) is 0 Å². The number of thioether (sulfide) groups is 1. The minimum Gasteiger partial charge on any atom is -0.325 e. The zero-order valence-electron chi connectivity index (χ0n) is 19.7. The van der Waals surface area contributed by atoms with Gasteiger partial charge in [-0.25, -0.2) is 4.99 Å². The van der Waals surface area contributed by atoms with Gasteiger partial charge in [-0.05, 0) is 42.3 Å². The van der Waals surface area contributed by atoms with Gasteiger partial charge < -0.3 is 10.2 Å². The molecule has 0 aromatic heterocycles. The van der Waals surface area contributed by atoms with Crippen molar-refractivity contribution in [2.45, 2.75) is 44.7 Å². The van der Waals surface area contributed by atoms with Gasteiger partial charge in [0.15, 0.2) is 5.66 Å². The lowest BCUT2D eigenvalue weighted by Crippen LogP contribution is -2.39. The number of piperidine rings is 1. The lowest BCUT2D eigenvalue weighted by molar-refractivity contribution is -0.113. The summed E-state index contributed by atoms with van der Waals surface area (Å²) in [5, 5.41) is 4.43. The summed E-state index contributed by atoms with van der Waals surface area (Å²) >= 11 is 7.40. The quantitative estimate of drug-likeness (QED) is 0.614. The average Bonchev–Trinajstić information content (AvgIpc) is 3.14. The molecule has 2 aromatic carbocycles. The summed E-state index contributed by atoms with van der Waals surface area (Å²) in [5.41, 5.74) is 3.67. The molecule has 2 heterocycles. The van der Waals surface area contributed by atoms with Gasteiger partial charge >= 0.3 is 0 Å². The summed E-state index contributed by atoms with van der Waals surface area (Å²) in [6, 6.07) is 15.8. The van der Waals surface area contributed by atoms with Crippen LogP contribution in [0.3, 0.4) is 0 Å². The van der Waals surface area contributed by atoms with E-state index in [4.69, 9.17) is 21.6 Å². The van der Waals surface area contributed by atoms with Crippen LogP contribution in [0.2, 0.25) is 5.02 Å². The Morgan fingerprint density at radius 2 is 1.70 bits per heavy atom. The number of aliphatic imine (C=N–C) groups is 2. The molecule has 0 unspecified atom stereocenters. The molecule has 5 nitrogen and oxygen atoms in total. The Bertz CT molecular complexity index is 1060. The van der Waals surface area contributed by atoms with Crippen molar-refractivity contribution < 1.29 is 4.79 Å². The minimum absolute atomic E-state index is 0.0724. The Kier molecular flexibility index (Phi) is 6.99. The topological polar surface area (TPSA) is 57.1 Å². The van der Waals surface area contributed by atoms with Crippen LogP contribution in [-0.4, -0.2) is 53.1 Å². The zero-order chi connectivity index (χ0) is 23.6. The molecule has 2 aliphatic rings. The van der Waals surface area contributed by atoms with Gasteiger partial charge in [0.05, 0.1) is 11.5 Å². The maximum atomic E-state index is 12.6. The molecule has 1 fully saturated rings. The summed E-state index contributed by atoms with van der Waals surface area (Å²) in [4.78, 5) is 25.1. The minimum atomic E-state index is -0.403. The third-order valence-corrected chi connectivity index (χ3v) is 7.33. The number of hydrogen-bond donors (Lipinski definition) is 1. The molecule has 0 atom stereocenters. The first-order valence-corrected chi connectivity index (χ1v) is 12.7. The zero-order valence-corrected chi connectivity index (χ0v) is 21.3. The fourth-order valence-corrected chi connectivity index (χ4v) is 5.00. The Morgan fingerprint density at radius 3 is 2.30 bits per heavy atom. The summed E-state index contributed by atoms with van der Waals surface area (Å²) in [6.07, 6.45) is 1.79. The van der Waals surface area contributed by atoms with Crippen LogP contribution in [0.4, 0.5) is 5.69 Å². The first-order valence-electron chi connectivity index (χ1n) is 11.3. The number of hydrogen-bond acceptors (Lipinski definition) is 5. The van der Waals surface area contributed by atoms with E-state index in [9.17, 15) is 4.79 Å². The molecule has 1 saturated heterocycles. The van der Waals surface area contributed by atoms with Crippen molar-refractivity contribution in [3.8, 4) is 0 Å². The van der Waals surface area contributed by atoms with Gasteiger partial charge in [0.1, 0.15) is 5.04 Å². The van der Waals surface area contributed by atoms with Crippen molar-refractivity contribution in [1.82, 2.24) is 4.90 Å². The van der Waals surface area contributed by atoms with E-state index >= 15 is 0 Å². The van der Waals surface area contributed by atoms with E-state index in [2.05, 4.69) is 62.3 Å². The van der Waals surface area contributed by atoms with Crippen LogP contribution in [-0.2, 0) is 10.2 Å². The fourth-order valence-electron chi connectivity index (χ4n) is 4.00. The van der Waals surface area contributed by atoms with E-state index in [0.717, 1.165) is 47.9 Å². The Morgan fingerprint density at radius 1 is 1.06 bits per heavy atom. The highest BCUT2D eigenvalue weighted by atomic mass is 35.5. The Balaban J connectivity index is 1.52. The summed E-state index contributed by atoms with van der Waals surface area (Å²) in [5.74, 6) is 0.202. The van der Waals surface area contributed by atoms with Gasteiger partial charge in [-0.2, -0.15) is 0 Å². The molecular weight excluding hydrogens is 452 g/mol. The van der Waals surface area contributed by atoms with E-state index in [-0.39, 0.29) is 17.1 Å². The van der Waals surface area contributed by atoms with Crippen LogP contribution in [0.5, 0.6) is 0 Å². The van der Waals surface area contributed by atoms with Crippen molar-refractivity contribution >= 4 is 45.7 Å². The Hall–Kier alpha value is -2.15. The standard InChI is InChI=1S/C26H31ClN4OS/c1-25(2,3)19-7-5-18(6-8-19)23-24(30-26(29-23)13-15-31(4)16-14-26)33-17-22(32)28-21-11-9-20(27)10-12-21/h5-12H,13-17H2,1-4H3,(H,28,32). The van der Waals surface area contributed by atoms with Crippen LogP contribution in [0.1, 0.15) is 44.7 Å². The first kappa shape index (κ1) is 24.0. The number of nitrogens with one attached hydrogen (secondary N) is 1. The predicted molar refractivity (Wildman–Crippen MR) is 141 cm³/mol. The van der Waals surface area contributed by atoms with Gasteiger partial charge in [0.25, 0.3) is 0 Å². The second-order valence-electron chi connectivity index (χ2n) is 9.83. The lowest BCUT2D eigenvalue weighted by atomic mass is 9.86. The van der Waals surface area contributed by atoms with E-state index < -0.39 is 5.66 Å². The number of carbonyl (C=O) groups excluding carboxylic acids is 1. The highest BCUT2D eigenvalue weighted by molar-refractivity contribution is 8.16. The molecule has 4 rings (SSSR count). The van der Waals surface area contributed by atoms with E-state index in [1.807, 2.05) is 0 Å². The van der Waals surface area contributed by atoms with E-state index in [1.165, 1.54) is 17.3 Å². The number of rotatable bonds is 4. The monoisotopic (exact) mass is 482 g/mol. The molecule has 7 heteroatoms. The van der Waals surface area contributed by atoms with Crippen molar-refractivity contribution in [3.63, 3.8) is 0 Å². The summed E-state index contributed by atoms with van der Waals surface area (Å²) in [7, 11) is 2.14. The van der Waals surface area contributed by atoms with Crippen LogP contribution >= 0.6 is 23.4 Å². The number of amides is 1. The number of carbonyl (C=O) groups is 1. The first-order chi connectivity index (χ1) is 15.6. The van der Waals surface area contributed by atoms with Crippen molar-refractivity contribution in [2.75, 3.05) is 31.2 Å². The van der Waals surface area contributed by atoms with Gasteiger partial charge in [-0.15, -0.1) is 0 Å². The maximum Gasteiger partial charge on any atom is 0.234 e.